The summed E-state index contributed by atoms with van der Waals surface area (Å²) in [5.41, 5.74) is 0.879. The number of aliphatic hydroxyl groups excluding tert-OH is 1. The summed E-state index contributed by atoms with van der Waals surface area (Å²) >= 11 is 0. The van der Waals surface area contributed by atoms with Crippen LogP contribution in [0.2, 0.25) is 0 Å². The van der Waals surface area contributed by atoms with Crippen molar-refractivity contribution in [1.82, 2.24) is 4.90 Å². The number of rotatable bonds is 4. The van der Waals surface area contributed by atoms with Crippen molar-refractivity contribution in [2.45, 2.75) is 18.9 Å². The second kappa shape index (κ2) is 6.84. The summed E-state index contributed by atoms with van der Waals surface area (Å²) in [5, 5.41) is 21.1. The van der Waals surface area contributed by atoms with Gasteiger partial charge in [-0.05, 0) is 30.4 Å². The van der Waals surface area contributed by atoms with Crippen molar-refractivity contribution in [2.24, 2.45) is 5.92 Å². The minimum atomic E-state index is -0.667. The van der Waals surface area contributed by atoms with Crippen molar-refractivity contribution in [3.05, 3.63) is 63.9 Å². The molecule has 1 unspecified atom stereocenters. The summed E-state index contributed by atoms with van der Waals surface area (Å²) in [5.74, 6) is -0.727. The van der Waals surface area contributed by atoms with Gasteiger partial charge >= 0.3 is 5.88 Å². The van der Waals surface area contributed by atoms with Crippen LogP contribution in [0.25, 0.3) is 0 Å². The number of aliphatic hydroxyl groups is 1. The van der Waals surface area contributed by atoms with Gasteiger partial charge in [-0.25, -0.2) is 0 Å². The second-order valence-electron chi connectivity index (χ2n) is 5.88. The Bertz CT molecular complexity index is 720. The molecule has 3 rings (SSSR count). The molecule has 1 aliphatic heterocycles. The lowest BCUT2D eigenvalue weighted by Gasteiger charge is -2.33. The van der Waals surface area contributed by atoms with Gasteiger partial charge in [-0.3, -0.25) is 14.9 Å². The van der Waals surface area contributed by atoms with E-state index in [0.717, 1.165) is 5.56 Å². The molecule has 0 radical (unpaired) electrons. The first-order chi connectivity index (χ1) is 11.6. The fourth-order valence-electron chi connectivity index (χ4n) is 3.04. The molecule has 0 spiro atoms. The third-order valence-corrected chi connectivity index (χ3v) is 4.40. The Kier molecular flexibility index (Phi) is 4.61. The molecule has 24 heavy (non-hydrogen) atoms. The molecule has 1 amide bonds. The van der Waals surface area contributed by atoms with E-state index in [4.69, 9.17) is 4.42 Å². The van der Waals surface area contributed by atoms with Gasteiger partial charge < -0.3 is 14.4 Å². The van der Waals surface area contributed by atoms with Crippen LogP contribution >= 0.6 is 0 Å². The predicted molar refractivity (Wildman–Crippen MR) is 85.4 cm³/mol. The molecule has 1 aliphatic rings. The molecule has 7 nitrogen and oxygen atoms in total. The minimum Gasteiger partial charge on any atom is -0.395 e. The lowest BCUT2D eigenvalue weighted by atomic mass is 9.87. The molecule has 0 aliphatic carbocycles. The number of nitrogens with zero attached hydrogens (tertiary/aromatic N) is 2. The summed E-state index contributed by atoms with van der Waals surface area (Å²) in [6, 6.07) is 12.0. The van der Waals surface area contributed by atoms with Crippen molar-refractivity contribution >= 4 is 11.8 Å². The summed E-state index contributed by atoms with van der Waals surface area (Å²) < 4.78 is 4.96. The number of carbonyl (C=O) groups is 1. The Morgan fingerprint density at radius 2 is 1.88 bits per heavy atom. The first kappa shape index (κ1) is 16.2. The van der Waals surface area contributed by atoms with Crippen molar-refractivity contribution in [3.8, 4) is 0 Å². The molecule has 1 fully saturated rings. The molecule has 1 aromatic carbocycles. The third-order valence-electron chi connectivity index (χ3n) is 4.40. The minimum absolute atomic E-state index is 0.0243. The zero-order chi connectivity index (χ0) is 17.1. The van der Waals surface area contributed by atoms with Crippen molar-refractivity contribution in [3.63, 3.8) is 0 Å². The molecule has 1 saturated heterocycles. The Balaban J connectivity index is 1.60. The van der Waals surface area contributed by atoms with E-state index in [1.165, 1.54) is 12.1 Å². The maximum Gasteiger partial charge on any atom is 0.433 e. The lowest BCUT2D eigenvalue weighted by molar-refractivity contribution is -0.402. The van der Waals surface area contributed by atoms with Crippen molar-refractivity contribution in [1.29, 1.82) is 0 Å². The van der Waals surface area contributed by atoms with E-state index in [1.54, 1.807) is 4.90 Å². The van der Waals surface area contributed by atoms with E-state index in [2.05, 4.69) is 0 Å². The van der Waals surface area contributed by atoms with E-state index in [9.17, 15) is 20.0 Å². The van der Waals surface area contributed by atoms with Gasteiger partial charge in [0.1, 0.15) is 4.92 Å². The average molecular weight is 330 g/mol. The normalized spacial score (nSPS) is 16.8. The zero-order valence-corrected chi connectivity index (χ0v) is 13.0. The summed E-state index contributed by atoms with van der Waals surface area (Å²) in [4.78, 5) is 23.9. The van der Waals surface area contributed by atoms with Gasteiger partial charge in [-0.15, -0.1) is 0 Å². The number of amides is 1. The molecule has 126 valence electrons. The van der Waals surface area contributed by atoms with Gasteiger partial charge in [-0.1, -0.05) is 30.3 Å². The van der Waals surface area contributed by atoms with E-state index in [-0.39, 0.29) is 17.6 Å². The average Bonchev–Trinajstić information content (AvgIpc) is 3.12. The number of furan rings is 1. The molecule has 0 saturated carbocycles. The summed E-state index contributed by atoms with van der Waals surface area (Å²) in [7, 11) is 0. The topological polar surface area (TPSA) is 96.8 Å². The van der Waals surface area contributed by atoms with Gasteiger partial charge in [0.2, 0.25) is 0 Å². The highest BCUT2D eigenvalue weighted by Crippen LogP contribution is 2.31. The van der Waals surface area contributed by atoms with Gasteiger partial charge in [0.25, 0.3) is 5.91 Å². The first-order valence-corrected chi connectivity index (χ1v) is 7.83. The van der Waals surface area contributed by atoms with Gasteiger partial charge in [0.05, 0.1) is 12.2 Å². The van der Waals surface area contributed by atoms with Gasteiger partial charge in [0, 0.05) is 13.1 Å². The fraction of sp³-hybridized carbons (Fsp3) is 0.353. The monoisotopic (exact) mass is 330 g/mol. The van der Waals surface area contributed by atoms with Gasteiger partial charge in [-0.2, -0.15) is 0 Å². The standard InChI is InChI=1S/C17H18N2O5/c20-16(12-4-2-1-3-5-12)13-8-10-18(11-9-13)17(21)14-6-7-15(24-14)19(22)23/h1-7,13,16,20H,8-11H2. The lowest BCUT2D eigenvalue weighted by Crippen LogP contribution is -2.39. The Hall–Kier alpha value is -2.67. The van der Waals surface area contributed by atoms with E-state index < -0.39 is 16.9 Å². The number of carbonyl (C=O) groups excluding carboxylic acids is 1. The maximum atomic E-state index is 12.3. The van der Waals surface area contributed by atoms with Crippen LogP contribution in [0.15, 0.2) is 46.9 Å². The van der Waals surface area contributed by atoms with Gasteiger partial charge in [0.15, 0.2) is 5.76 Å². The largest absolute Gasteiger partial charge is 0.433 e. The zero-order valence-electron chi connectivity index (χ0n) is 13.0. The van der Waals surface area contributed by atoms with Crippen LogP contribution in [0.1, 0.15) is 35.1 Å². The van der Waals surface area contributed by atoms with Crippen molar-refractivity contribution < 1.29 is 19.2 Å². The first-order valence-electron chi connectivity index (χ1n) is 7.83. The second-order valence-corrected chi connectivity index (χ2v) is 5.88. The summed E-state index contributed by atoms with van der Waals surface area (Å²) in [6.07, 6.45) is 0.794. The SMILES string of the molecule is O=C(c1ccc([N+](=O)[O-])o1)N1CCC(C(O)c2ccccc2)CC1. The van der Waals surface area contributed by atoms with Crippen LogP contribution < -0.4 is 0 Å². The van der Waals surface area contributed by atoms with Crippen LogP contribution in [-0.2, 0) is 0 Å². The highest BCUT2D eigenvalue weighted by molar-refractivity contribution is 5.91. The number of nitro groups is 1. The molecule has 7 heteroatoms. The Labute approximate surface area is 138 Å². The number of likely N-dealkylation sites (tertiary alicyclic amines) is 1. The van der Waals surface area contributed by atoms with Crippen LogP contribution in [0.4, 0.5) is 5.88 Å². The quantitative estimate of drug-likeness (QED) is 0.687. The smallest absolute Gasteiger partial charge is 0.395 e. The van der Waals surface area contributed by atoms with Crippen LogP contribution in [0.5, 0.6) is 0 Å². The van der Waals surface area contributed by atoms with Crippen LogP contribution in [-0.4, -0.2) is 33.9 Å². The molecule has 2 heterocycles. The molecular formula is C17H18N2O5. The molecule has 1 aromatic heterocycles. The molecule has 1 N–H and O–H groups in total. The van der Waals surface area contributed by atoms with Crippen LogP contribution in [0.3, 0.4) is 0 Å². The Morgan fingerprint density at radius 1 is 1.21 bits per heavy atom. The van der Waals surface area contributed by atoms with E-state index >= 15 is 0 Å². The fourth-order valence-corrected chi connectivity index (χ4v) is 3.04. The van der Waals surface area contributed by atoms with E-state index in [1.807, 2.05) is 30.3 Å². The highest BCUT2D eigenvalue weighted by Gasteiger charge is 2.30. The molecular weight excluding hydrogens is 312 g/mol. The number of piperidine rings is 1. The highest BCUT2D eigenvalue weighted by atomic mass is 16.6. The molecule has 1 atom stereocenters. The maximum absolute atomic E-state index is 12.3. The predicted octanol–water partition coefficient (Wildman–Crippen LogP) is 2.77. The van der Waals surface area contributed by atoms with Crippen LogP contribution in [0, 0.1) is 16.0 Å². The number of hydrogen-bond donors (Lipinski definition) is 1. The molecule has 0 bridgehead atoms. The molecule has 2 aromatic rings. The summed E-state index contributed by atoms with van der Waals surface area (Å²) in [6.45, 7) is 0.976. The Morgan fingerprint density at radius 3 is 2.46 bits per heavy atom. The number of benzene rings is 1. The van der Waals surface area contributed by atoms with Crippen molar-refractivity contribution in [2.75, 3.05) is 13.1 Å². The third kappa shape index (κ3) is 3.30. The number of hydrogen-bond acceptors (Lipinski definition) is 5. The van der Waals surface area contributed by atoms with E-state index in [0.29, 0.717) is 25.9 Å².